The van der Waals surface area contributed by atoms with E-state index in [-0.39, 0.29) is 5.56 Å². The van der Waals surface area contributed by atoms with Crippen LogP contribution in [0.4, 0.5) is 0 Å². The van der Waals surface area contributed by atoms with Crippen LogP contribution in [0.5, 0.6) is 17.2 Å². The maximum absolute atomic E-state index is 12.1. The molecule has 152 valence electrons. The SMILES string of the molecule is COc1ccc(-c2[nH]nc3nc(-c4ccc(OC)c(OC)c4)cc(C(=O)O)c23)cc1. The first-order valence-corrected chi connectivity index (χ1v) is 9.05. The number of aromatic carboxylic acids is 1. The Morgan fingerprint density at radius 2 is 1.60 bits per heavy atom. The van der Waals surface area contributed by atoms with Crippen LogP contribution in [0.2, 0.25) is 0 Å². The van der Waals surface area contributed by atoms with E-state index in [0.29, 0.717) is 45.2 Å². The van der Waals surface area contributed by atoms with Gasteiger partial charge in [-0.25, -0.2) is 9.78 Å². The molecule has 8 heteroatoms. The molecule has 4 rings (SSSR count). The second-order valence-corrected chi connectivity index (χ2v) is 6.46. The smallest absolute Gasteiger partial charge is 0.336 e. The Balaban J connectivity index is 1.88. The maximum Gasteiger partial charge on any atom is 0.336 e. The number of methoxy groups -OCH3 is 3. The van der Waals surface area contributed by atoms with Gasteiger partial charge in [0.15, 0.2) is 17.1 Å². The van der Waals surface area contributed by atoms with Crippen molar-refractivity contribution in [1.29, 1.82) is 0 Å². The Morgan fingerprint density at radius 1 is 0.900 bits per heavy atom. The molecule has 0 radical (unpaired) electrons. The summed E-state index contributed by atoms with van der Waals surface area (Å²) in [6, 6.07) is 14.1. The molecule has 0 atom stereocenters. The van der Waals surface area contributed by atoms with E-state index in [1.54, 1.807) is 44.6 Å². The van der Waals surface area contributed by atoms with E-state index < -0.39 is 5.97 Å². The molecule has 0 aliphatic rings. The fourth-order valence-electron chi connectivity index (χ4n) is 3.30. The first-order valence-electron chi connectivity index (χ1n) is 9.05. The number of carboxylic acid groups (broad SMARTS) is 1. The van der Waals surface area contributed by atoms with Crippen molar-refractivity contribution in [3.63, 3.8) is 0 Å². The van der Waals surface area contributed by atoms with Crippen molar-refractivity contribution in [2.75, 3.05) is 21.3 Å². The van der Waals surface area contributed by atoms with E-state index in [1.807, 2.05) is 12.1 Å². The van der Waals surface area contributed by atoms with Crippen LogP contribution >= 0.6 is 0 Å². The summed E-state index contributed by atoms with van der Waals surface area (Å²) in [5.41, 5.74) is 2.92. The molecule has 0 saturated heterocycles. The summed E-state index contributed by atoms with van der Waals surface area (Å²) in [5, 5.41) is 17.5. The van der Waals surface area contributed by atoms with Gasteiger partial charge in [0.05, 0.1) is 43.7 Å². The van der Waals surface area contributed by atoms with Crippen LogP contribution in [0.1, 0.15) is 10.4 Å². The van der Waals surface area contributed by atoms with Crippen LogP contribution < -0.4 is 14.2 Å². The minimum Gasteiger partial charge on any atom is -0.497 e. The molecule has 0 aliphatic carbocycles. The Labute approximate surface area is 172 Å². The molecule has 0 amide bonds. The van der Waals surface area contributed by atoms with E-state index in [4.69, 9.17) is 14.2 Å². The number of ether oxygens (including phenoxy) is 3. The molecule has 0 unspecified atom stereocenters. The van der Waals surface area contributed by atoms with Crippen molar-refractivity contribution < 1.29 is 24.1 Å². The largest absolute Gasteiger partial charge is 0.497 e. The molecule has 0 aliphatic heterocycles. The lowest BCUT2D eigenvalue weighted by Gasteiger charge is -2.10. The third-order valence-corrected chi connectivity index (χ3v) is 4.81. The van der Waals surface area contributed by atoms with Crippen molar-refractivity contribution in [1.82, 2.24) is 15.2 Å². The lowest BCUT2D eigenvalue weighted by Crippen LogP contribution is -2.00. The fraction of sp³-hybridized carbons (Fsp3) is 0.136. The highest BCUT2D eigenvalue weighted by Gasteiger charge is 2.20. The molecule has 0 fully saturated rings. The summed E-state index contributed by atoms with van der Waals surface area (Å²) in [7, 11) is 4.67. The van der Waals surface area contributed by atoms with Crippen molar-refractivity contribution >= 4 is 17.0 Å². The molecule has 4 aromatic rings. The quantitative estimate of drug-likeness (QED) is 0.499. The van der Waals surface area contributed by atoms with Crippen molar-refractivity contribution in [3.05, 3.63) is 54.1 Å². The average Bonchev–Trinajstić information content (AvgIpc) is 3.21. The van der Waals surface area contributed by atoms with E-state index in [2.05, 4.69) is 15.2 Å². The number of aromatic amines is 1. The highest BCUT2D eigenvalue weighted by molar-refractivity contribution is 6.08. The number of rotatable bonds is 6. The van der Waals surface area contributed by atoms with E-state index in [1.165, 1.54) is 13.2 Å². The Hall–Kier alpha value is -4.07. The highest BCUT2D eigenvalue weighted by Crippen LogP contribution is 2.35. The van der Waals surface area contributed by atoms with Crippen LogP contribution in [0.25, 0.3) is 33.5 Å². The summed E-state index contributed by atoms with van der Waals surface area (Å²) in [4.78, 5) is 16.6. The van der Waals surface area contributed by atoms with Gasteiger partial charge in [-0.15, -0.1) is 0 Å². The van der Waals surface area contributed by atoms with Crippen molar-refractivity contribution in [2.24, 2.45) is 0 Å². The number of carbonyl (C=O) groups is 1. The van der Waals surface area contributed by atoms with Crippen LogP contribution in [-0.2, 0) is 0 Å². The lowest BCUT2D eigenvalue weighted by atomic mass is 10.0. The summed E-state index contributed by atoms with van der Waals surface area (Å²) in [5.74, 6) is 0.729. The number of fused-ring (bicyclic) bond motifs is 1. The van der Waals surface area contributed by atoms with Gasteiger partial charge >= 0.3 is 5.97 Å². The van der Waals surface area contributed by atoms with Gasteiger partial charge in [-0.1, -0.05) is 0 Å². The van der Waals surface area contributed by atoms with E-state index in [0.717, 1.165) is 5.56 Å². The molecule has 2 aromatic heterocycles. The predicted octanol–water partition coefficient (Wildman–Crippen LogP) is 4.02. The standard InChI is InChI=1S/C22H19N3O5/c1-28-14-7-4-12(5-8-14)20-19-15(22(26)27)11-16(23-21(19)25-24-20)13-6-9-17(29-2)18(10-13)30-3/h4-11H,1-3H3,(H,26,27)(H,23,24,25). The normalized spacial score (nSPS) is 10.8. The number of pyridine rings is 1. The number of nitrogens with zero attached hydrogens (tertiary/aromatic N) is 2. The monoisotopic (exact) mass is 405 g/mol. The second-order valence-electron chi connectivity index (χ2n) is 6.46. The number of nitrogens with one attached hydrogen (secondary N) is 1. The minimum absolute atomic E-state index is 0.101. The zero-order valence-corrected chi connectivity index (χ0v) is 16.6. The molecule has 0 saturated carbocycles. The first kappa shape index (κ1) is 19.3. The van der Waals surface area contributed by atoms with Crippen LogP contribution in [0.15, 0.2) is 48.5 Å². The van der Waals surface area contributed by atoms with E-state index >= 15 is 0 Å². The van der Waals surface area contributed by atoms with Gasteiger partial charge in [0, 0.05) is 11.1 Å². The van der Waals surface area contributed by atoms with Gasteiger partial charge in [0.25, 0.3) is 0 Å². The topological polar surface area (TPSA) is 107 Å². The highest BCUT2D eigenvalue weighted by atomic mass is 16.5. The first-order chi connectivity index (χ1) is 14.5. The molecule has 8 nitrogen and oxygen atoms in total. The number of hydrogen-bond acceptors (Lipinski definition) is 6. The zero-order chi connectivity index (χ0) is 21.3. The number of aromatic nitrogens is 3. The van der Waals surface area contributed by atoms with Gasteiger partial charge < -0.3 is 19.3 Å². The number of H-pyrrole nitrogens is 1. The Bertz CT molecular complexity index is 1230. The van der Waals surface area contributed by atoms with Crippen LogP contribution in [0.3, 0.4) is 0 Å². The van der Waals surface area contributed by atoms with Gasteiger partial charge in [-0.05, 0) is 48.5 Å². The summed E-state index contributed by atoms with van der Waals surface area (Å²) >= 11 is 0. The number of benzene rings is 2. The molecule has 30 heavy (non-hydrogen) atoms. The van der Waals surface area contributed by atoms with Crippen molar-refractivity contribution in [3.8, 4) is 39.8 Å². The second kappa shape index (κ2) is 7.75. The zero-order valence-electron chi connectivity index (χ0n) is 16.6. The van der Waals surface area contributed by atoms with Crippen LogP contribution in [-0.4, -0.2) is 47.6 Å². The molecular formula is C22H19N3O5. The lowest BCUT2D eigenvalue weighted by molar-refractivity contribution is 0.0699. The summed E-state index contributed by atoms with van der Waals surface area (Å²) in [6.45, 7) is 0. The molecule has 0 spiro atoms. The summed E-state index contributed by atoms with van der Waals surface area (Å²) < 4.78 is 15.8. The molecular weight excluding hydrogens is 386 g/mol. The molecule has 2 heterocycles. The van der Waals surface area contributed by atoms with Gasteiger partial charge in [0.1, 0.15) is 5.75 Å². The van der Waals surface area contributed by atoms with Gasteiger partial charge in [0.2, 0.25) is 0 Å². The van der Waals surface area contributed by atoms with Crippen molar-refractivity contribution in [2.45, 2.75) is 0 Å². The minimum atomic E-state index is -1.07. The van der Waals surface area contributed by atoms with Gasteiger partial charge in [-0.2, -0.15) is 5.10 Å². The van der Waals surface area contributed by atoms with Crippen LogP contribution in [0, 0.1) is 0 Å². The molecule has 0 bridgehead atoms. The fourth-order valence-corrected chi connectivity index (χ4v) is 3.30. The molecule has 2 aromatic carbocycles. The average molecular weight is 405 g/mol. The Morgan fingerprint density at radius 3 is 2.23 bits per heavy atom. The third-order valence-electron chi connectivity index (χ3n) is 4.81. The maximum atomic E-state index is 12.1. The number of hydrogen-bond donors (Lipinski definition) is 2. The molecule has 2 N–H and O–H groups in total. The summed E-state index contributed by atoms with van der Waals surface area (Å²) in [6.07, 6.45) is 0. The number of carboxylic acids is 1. The Kier molecular flexibility index (Phi) is 4.97. The third kappa shape index (κ3) is 3.28. The van der Waals surface area contributed by atoms with E-state index in [9.17, 15) is 9.90 Å². The predicted molar refractivity (Wildman–Crippen MR) is 111 cm³/mol. The van der Waals surface area contributed by atoms with Gasteiger partial charge in [-0.3, -0.25) is 5.10 Å².